The van der Waals surface area contributed by atoms with Gasteiger partial charge < -0.3 is 9.67 Å². The van der Waals surface area contributed by atoms with Crippen LogP contribution in [0.3, 0.4) is 0 Å². The zero-order chi connectivity index (χ0) is 15.9. The van der Waals surface area contributed by atoms with Crippen molar-refractivity contribution < 1.29 is 9.90 Å². The maximum absolute atomic E-state index is 12.3. The SMILES string of the molecule is Cc1ccc(-c2c(C(=O)O)n(C)c(=O)c3ncccc23)cc1.Cl. The number of rotatable bonds is 2. The van der Waals surface area contributed by atoms with Gasteiger partial charge in [-0.2, -0.15) is 0 Å². The van der Waals surface area contributed by atoms with E-state index in [1.807, 2.05) is 31.2 Å². The zero-order valence-corrected chi connectivity index (χ0v) is 13.4. The fourth-order valence-corrected chi connectivity index (χ4v) is 2.60. The summed E-state index contributed by atoms with van der Waals surface area (Å²) in [5.74, 6) is -1.14. The predicted octanol–water partition coefficient (Wildman–Crippen LogP) is 3.03. The Labute approximate surface area is 138 Å². The van der Waals surface area contributed by atoms with Crippen molar-refractivity contribution in [2.45, 2.75) is 6.92 Å². The lowest BCUT2D eigenvalue weighted by Crippen LogP contribution is -2.25. The molecule has 0 bridgehead atoms. The number of nitrogens with zero attached hydrogens (tertiary/aromatic N) is 2. The van der Waals surface area contributed by atoms with Crippen LogP contribution in [0, 0.1) is 6.92 Å². The second kappa shape index (κ2) is 6.22. The molecule has 0 aliphatic heterocycles. The highest BCUT2D eigenvalue weighted by Gasteiger charge is 2.21. The van der Waals surface area contributed by atoms with E-state index >= 15 is 0 Å². The van der Waals surface area contributed by atoms with Crippen LogP contribution in [0.15, 0.2) is 47.4 Å². The fraction of sp³-hybridized carbons (Fsp3) is 0.118. The highest BCUT2D eigenvalue weighted by atomic mass is 35.5. The Morgan fingerprint density at radius 3 is 2.43 bits per heavy atom. The van der Waals surface area contributed by atoms with Crippen LogP contribution in [-0.2, 0) is 7.05 Å². The van der Waals surface area contributed by atoms with Crippen molar-refractivity contribution in [1.29, 1.82) is 0 Å². The maximum atomic E-state index is 12.3. The molecule has 0 amide bonds. The summed E-state index contributed by atoms with van der Waals surface area (Å²) in [4.78, 5) is 28.1. The summed E-state index contributed by atoms with van der Waals surface area (Å²) in [6.07, 6.45) is 1.53. The Bertz CT molecular complexity index is 946. The number of carboxylic acid groups (broad SMARTS) is 1. The molecule has 0 saturated heterocycles. The minimum Gasteiger partial charge on any atom is -0.477 e. The molecule has 1 aromatic carbocycles. The number of aromatic nitrogens is 2. The van der Waals surface area contributed by atoms with E-state index in [4.69, 9.17) is 0 Å². The van der Waals surface area contributed by atoms with Gasteiger partial charge in [-0.05, 0) is 18.6 Å². The summed E-state index contributed by atoms with van der Waals surface area (Å²) in [5.41, 5.74) is 2.16. The average molecular weight is 331 g/mol. The standard InChI is InChI=1S/C17H14N2O3.ClH/c1-10-5-7-11(8-6-10)13-12-4-3-9-18-14(12)16(20)19(2)15(13)17(21)22;/h3-9H,1-2H3,(H,21,22);1H. The molecule has 0 saturated carbocycles. The Kier molecular flexibility index (Phi) is 4.52. The summed E-state index contributed by atoms with van der Waals surface area (Å²) in [7, 11) is 1.46. The predicted molar refractivity (Wildman–Crippen MR) is 91.4 cm³/mol. The van der Waals surface area contributed by atoms with Crippen LogP contribution >= 0.6 is 12.4 Å². The van der Waals surface area contributed by atoms with E-state index in [2.05, 4.69) is 4.98 Å². The molecule has 3 aromatic rings. The van der Waals surface area contributed by atoms with Crippen molar-refractivity contribution >= 4 is 29.3 Å². The molecule has 0 radical (unpaired) electrons. The number of carboxylic acids is 1. The molecule has 1 N–H and O–H groups in total. The summed E-state index contributed by atoms with van der Waals surface area (Å²) in [5, 5.41) is 10.1. The molecule has 5 nitrogen and oxygen atoms in total. The number of carbonyl (C=O) groups is 1. The van der Waals surface area contributed by atoms with Crippen molar-refractivity contribution in [2.75, 3.05) is 0 Å². The number of fused-ring (bicyclic) bond motifs is 1. The number of aromatic carboxylic acids is 1. The molecule has 0 aliphatic rings. The van der Waals surface area contributed by atoms with Gasteiger partial charge in [0.2, 0.25) is 0 Å². The molecule has 2 aromatic heterocycles. The highest BCUT2D eigenvalue weighted by Crippen LogP contribution is 2.29. The van der Waals surface area contributed by atoms with Crippen molar-refractivity contribution in [2.24, 2.45) is 7.05 Å². The lowest BCUT2D eigenvalue weighted by Gasteiger charge is -2.14. The normalized spacial score (nSPS) is 10.3. The highest BCUT2D eigenvalue weighted by molar-refractivity contribution is 6.05. The van der Waals surface area contributed by atoms with E-state index in [1.165, 1.54) is 13.2 Å². The van der Waals surface area contributed by atoms with Gasteiger partial charge in [0.1, 0.15) is 11.2 Å². The quantitative estimate of drug-likeness (QED) is 0.784. The third kappa shape index (κ3) is 2.71. The topological polar surface area (TPSA) is 72.2 Å². The third-order valence-corrected chi connectivity index (χ3v) is 3.70. The Hall–Kier alpha value is -2.66. The van der Waals surface area contributed by atoms with Crippen molar-refractivity contribution in [3.63, 3.8) is 0 Å². The molecule has 2 heterocycles. The smallest absolute Gasteiger partial charge is 0.353 e. The van der Waals surface area contributed by atoms with Gasteiger partial charge in [-0.1, -0.05) is 35.9 Å². The fourth-order valence-electron chi connectivity index (χ4n) is 2.60. The average Bonchev–Trinajstić information content (AvgIpc) is 2.51. The number of hydrogen-bond acceptors (Lipinski definition) is 3. The molecular formula is C17H15ClN2O3. The molecule has 118 valence electrons. The minimum atomic E-state index is -1.14. The first-order valence-electron chi connectivity index (χ1n) is 6.78. The van der Waals surface area contributed by atoms with Crippen molar-refractivity contribution in [3.05, 3.63) is 64.2 Å². The lowest BCUT2D eigenvalue weighted by molar-refractivity contribution is 0.0686. The summed E-state index contributed by atoms with van der Waals surface area (Å²) >= 11 is 0. The van der Waals surface area contributed by atoms with Crippen molar-refractivity contribution in [1.82, 2.24) is 9.55 Å². The van der Waals surface area contributed by atoms with E-state index in [-0.39, 0.29) is 23.6 Å². The number of hydrogen-bond donors (Lipinski definition) is 1. The van der Waals surface area contributed by atoms with Gasteiger partial charge in [0, 0.05) is 24.2 Å². The minimum absolute atomic E-state index is 0. The van der Waals surface area contributed by atoms with Gasteiger partial charge in [0.25, 0.3) is 5.56 Å². The first kappa shape index (κ1) is 16.7. The van der Waals surface area contributed by atoms with E-state index in [0.29, 0.717) is 10.9 Å². The Morgan fingerprint density at radius 2 is 1.83 bits per heavy atom. The molecule has 0 aliphatic carbocycles. The van der Waals surface area contributed by atoms with Gasteiger partial charge in [0.05, 0.1) is 0 Å². The largest absolute Gasteiger partial charge is 0.477 e. The number of halogens is 1. The number of aryl methyl sites for hydroxylation is 1. The van der Waals surface area contributed by atoms with Crippen LogP contribution in [0.4, 0.5) is 0 Å². The van der Waals surface area contributed by atoms with Crippen LogP contribution in [-0.4, -0.2) is 20.6 Å². The zero-order valence-electron chi connectivity index (χ0n) is 12.6. The van der Waals surface area contributed by atoms with Crippen LogP contribution in [0.5, 0.6) is 0 Å². The second-order valence-electron chi connectivity index (χ2n) is 5.16. The van der Waals surface area contributed by atoms with Crippen LogP contribution in [0.2, 0.25) is 0 Å². The molecular weight excluding hydrogens is 316 g/mol. The van der Waals surface area contributed by atoms with E-state index < -0.39 is 11.5 Å². The third-order valence-electron chi connectivity index (χ3n) is 3.70. The Morgan fingerprint density at radius 1 is 1.17 bits per heavy atom. The summed E-state index contributed by atoms with van der Waals surface area (Å²) in [6, 6.07) is 11.0. The Balaban J connectivity index is 0.00000192. The summed E-state index contributed by atoms with van der Waals surface area (Å²) in [6.45, 7) is 1.96. The molecule has 0 fully saturated rings. The summed E-state index contributed by atoms with van der Waals surface area (Å²) < 4.78 is 1.15. The van der Waals surface area contributed by atoms with Gasteiger partial charge in [-0.15, -0.1) is 12.4 Å². The van der Waals surface area contributed by atoms with Crippen LogP contribution in [0.1, 0.15) is 16.1 Å². The van der Waals surface area contributed by atoms with Gasteiger partial charge in [-0.3, -0.25) is 9.78 Å². The molecule has 0 unspecified atom stereocenters. The van der Waals surface area contributed by atoms with E-state index in [0.717, 1.165) is 15.7 Å². The van der Waals surface area contributed by atoms with E-state index in [9.17, 15) is 14.7 Å². The number of pyridine rings is 2. The molecule has 0 spiro atoms. The van der Waals surface area contributed by atoms with Gasteiger partial charge in [-0.25, -0.2) is 4.79 Å². The number of benzene rings is 1. The first-order chi connectivity index (χ1) is 10.5. The molecule has 3 rings (SSSR count). The maximum Gasteiger partial charge on any atom is 0.353 e. The monoisotopic (exact) mass is 330 g/mol. The van der Waals surface area contributed by atoms with Crippen LogP contribution in [0.25, 0.3) is 22.0 Å². The lowest BCUT2D eigenvalue weighted by atomic mass is 9.98. The van der Waals surface area contributed by atoms with Gasteiger partial charge in [0.15, 0.2) is 0 Å². The van der Waals surface area contributed by atoms with E-state index in [1.54, 1.807) is 12.1 Å². The molecule has 6 heteroatoms. The molecule has 0 atom stereocenters. The second-order valence-corrected chi connectivity index (χ2v) is 5.16. The molecule has 23 heavy (non-hydrogen) atoms. The first-order valence-corrected chi connectivity index (χ1v) is 6.78. The van der Waals surface area contributed by atoms with Crippen molar-refractivity contribution in [3.8, 4) is 11.1 Å². The van der Waals surface area contributed by atoms with Crippen LogP contribution < -0.4 is 5.56 Å². The van der Waals surface area contributed by atoms with Gasteiger partial charge >= 0.3 is 5.97 Å².